The Hall–Kier alpha value is -0.940. The third-order valence-corrected chi connectivity index (χ3v) is 3.76. The Morgan fingerprint density at radius 3 is 3.06 bits per heavy atom. The maximum absolute atomic E-state index is 5.80. The highest BCUT2D eigenvalue weighted by molar-refractivity contribution is 5.00. The second kappa shape index (κ2) is 6.29. The van der Waals surface area contributed by atoms with E-state index in [0.717, 1.165) is 38.2 Å². The molecule has 5 nitrogen and oxygen atoms in total. The van der Waals surface area contributed by atoms with Gasteiger partial charge in [-0.05, 0) is 26.3 Å². The predicted octanol–water partition coefficient (Wildman–Crippen LogP) is 1.76. The zero-order valence-electron chi connectivity index (χ0n) is 11.6. The summed E-state index contributed by atoms with van der Waals surface area (Å²) >= 11 is 0. The lowest BCUT2D eigenvalue weighted by Crippen LogP contribution is -2.33. The molecule has 1 aliphatic heterocycles. The summed E-state index contributed by atoms with van der Waals surface area (Å²) in [5.41, 5.74) is 0. The van der Waals surface area contributed by atoms with Crippen LogP contribution in [0.1, 0.15) is 45.0 Å². The zero-order chi connectivity index (χ0) is 13.0. The van der Waals surface area contributed by atoms with Crippen molar-refractivity contribution in [3.8, 4) is 0 Å². The molecular weight excluding hydrogens is 228 g/mol. The molecule has 2 rings (SSSR count). The van der Waals surface area contributed by atoms with Gasteiger partial charge in [-0.25, -0.2) is 9.67 Å². The second-order valence-electron chi connectivity index (χ2n) is 4.88. The molecule has 0 aromatic carbocycles. The van der Waals surface area contributed by atoms with Gasteiger partial charge in [0, 0.05) is 19.1 Å². The highest BCUT2D eigenvalue weighted by Crippen LogP contribution is 2.33. The first kappa shape index (κ1) is 13.5. The molecule has 1 fully saturated rings. The topological polar surface area (TPSA) is 52.0 Å². The average molecular weight is 252 g/mol. The van der Waals surface area contributed by atoms with Gasteiger partial charge in [0.2, 0.25) is 0 Å². The van der Waals surface area contributed by atoms with Crippen molar-refractivity contribution in [2.24, 2.45) is 5.92 Å². The lowest BCUT2D eigenvalue weighted by atomic mass is 9.90. The quantitative estimate of drug-likeness (QED) is 0.838. The summed E-state index contributed by atoms with van der Waals surface area (Å²) in [6.07, 6.45) is 5.24. The second-order valence-corrected chi connectivity index (χ2v) is 4.88. The zero-order valence-corrected chi connectivity index (χ0v) is 11.6. The molecule has 5 heteroatoms. The van der Waals surface area contributed by atoms with Crippen LogP contribution in [0.5, 0.6) is 0 Å². The Morgan fingerprint density at radius 1 is 1.56 bits per heavy atom. The Labute approximate surface area is 109 Å². The van der Waals surface area contributed by atoms with Crippen molar-refractivity contribution in [3.05, 3.63) is 12.2 Å². The molecule has 1 aromatic heterocycles. The number of aromatic nitrogens is 3. The minimum atomic E-state index is 0.242. The fraction of sp³-hybridized carbons (Fsp3) is 0.846. The Morgan fingerprint density at radius 2 is 2.39 bits per heavy atom. The molecule has 1 aliphatic rings. The molecule has 0 spiro atoms. The van der Waals surface area contributed by atoms with E-state index in [9.17, 15) is 0 Å². The van der Waals surface area contributed by atoms with Gasteiger partial charge in [-0.1, -0.05) is 13.8 Å². The number of nitrogens with one attached hydrogen (secondary N) is 1. The van der Waals surface area contributed by atoms with Crippen LogP contribution in [0, 0.1) is 5.92 Å². The molecule has 1 saturated heterocycles. The van der Waals surface area contributed by atoms with Gasteiger partial charge in [-0.3, -0.25) is 0 Å². The summed E-state index contributed by atoms with van der Waals surface area (Å²) in [6, 6.07) is 0.242. The van der Waals surface area contributed by atoms with Gasteiger partial charge in [0.15, 0.2) is 0 Å². The third kappa shape index (κ3) is 2.57. The van der Waals surface area contributed by atoms with Crippen LogP contribution in [0.4, 0.5) is 0 Å². The third-order valence-electron chi connectivity index (χ3n) is 3.76. The van der Waals surface area contributed by atoms with Crippen molar-refractivity contribution in [2.75, 3.05) is 13.7 Å². The fourth-order valence-corrected chi connectivity index (χ4v) is 2.90. The fourth-order valence-electron chi connectivity index (χ4n) is 2.90. The molecule has 1 N–H and O–H groups in total. The molecule has 0 saturated carbocycles. The lowest BCUT2D eigenvalue weighted by Gasteiger charge is -2.26. The SMILES string of the molecule is CCCn1ncnc1C(NC)C1CCOC1CC. The molecule has 0 bridgehead atoms. The van der Waals surface area contributed by atoms with Crippen LogP contribution in [0.15, 0.2) is 6.33 Å². The highest BCUT2D eigenvalue weighted by atomic mass is 16.5. The van der Waals surface area contributed by atoms with E-state index in [0.29, 0.717) is 12.0 Å². The van der Waals surface area contributed by atoms with E-state index in [-0.39, 0.29) is 6.04 Å². The molecule has 102 valence electrons. The normalized spacial score (nSPS) is 25.5. The first-order chi connectivity index (χ1) is 8.81. The van der Waals surface area contributed by atoms with Crippen LogP contribution in [0.3, 0.4) is 0 Å². The molecule has 0 aliphatic carbocycles. The number of nitrogens with zero attached hydrogens (tertiary/aromatic N) is 3. The first-order valence-corrected chi connectivity index (χ1v) is 6.98. The van der Waals surface area contributed by atoms with Crippen LogP contribution in [0.25, 0.3) is 0 Å². The van der Waals surface area contributed by atoms with Crippen molar-refractivity contribution in [1.82, 2.24) is 20.1 Å². The van der Waals surface area contributed by atoms with Crippen LogP contribution in [-0.4, -0.2) is 34.5 Å². The summed E-state index contributed by atoms with van der Waals surface area (Å²) in [7, 11) is 2.00. The summed E-state index contributed by atoms with van der Waals surface area (Å²) < 4.78 is 7.82. The molecule has 2 heterocycles. The Bertz CT molecular complexity index is 366. The molecular formula is C13H24N4O. The van der Waals surface area contributed by atoms with E-state index in [1.165, 1.54) is 0 Å². The smallest absolute Gasteiger partial charge is 0.144 e. The van der Waals surface area contributed by atoms with Crippen LogP contribution >= 0.6 is 0 Å². The first-order valence-electron chi connectivity index (χ1n) is 6.98. The van der Waals surface area contributed by atoms with E-state index in [2.05, 4.69) is 29.2 Å². The Balaban J connectivity index is 2.19. The van der Waals surface area contributed by atoms with Gasteiger partial charge in [0.1, 0.15) is 12.2 Å². The summed E-state index contributed by atoms with van der Waals surface area (Å²) in [5, 5.41) is 7.73. The van der Waals surface area contributed by atoms with Gasteiger partial charge in [-0.2, -0.15) is 5.10 Å². The van der Waals surface area contributed by atoms with Gasteiger partial charge in [-0.15, -0.1) is 0 Å². The minimum Gasteiger partial charge on any atom is -0.378 e. The predicted molar refractivity (Wildman–Crippen MR) is 70.3 cm³/mol. The number of rotatable bonds is 6. The Kier molecular flexibility index (Phi) is 4.72. The summed E-state index contributed by atoms with van der Waals surface area (Å²) in [6.45, 7) is 6.14. The van der Waals surface area contributed by atoms with Gasteiger partial charge >= 0.3 is 0 Å². The number of hydrogen-bond acceptors (Lipinski definition) is 4. The van der Waals surface area contributed by atoms with Crippen molar-refractivity contribution in [1.29, 1.82) is 0 Å². The van der Waals surface area contributed by atoms with E-state index < -0.39 is 0 Å². The van der Waals surface area contributed by atoms with Crippen molar-refractivity contribution in [3.63, 3.8) is 0 Å². The molecule has 1 aromatic rings. The van der Waals surface area contributed by atoms with Gasteiger partial charge in [0.05, 0.1) is 12.1 Å². The van der Waals surface area contributed by atoms with Crippen molar-refractivity contribution < 1.29 is 4.74 Å². The van der Waals surface area contributed by atoms with Crippen molar-refractivity contribution in [2.45, 2.75) is 51.8 Å². The van der Waals surface area contributed by atoms with Crippen LogP contribution in [0.2, 0.25) is 0 Å². The highest BCUT2D eigenvalue weighted by Gasteiger charge is 2.35. The van der Waals surface area contributed by atoms with E-state index in [1.54, 1.807) is 6.33 Å². The van der Waals surface area contributed by atoms with Gasteiger partial charge in [0.25, 0.3) is 0 Å². The molecule has 3 atom stereocenters. The summed E-state index contributed by atoms with van der Waals surface area (Å²) in [4.78, 5) is 4.45. The van der Waals surface area contributed by atoms with Crippen LogP contribution in [-0.2, 0) is 11.3 Å². The average Bonchev–Trinajstić information content (AvgIpc) is 3.01. The molecule has 0 radical (unpaired) electrons. The number of ether oxygens (including phenoxy) is 1. The summed E-state index contributed by atoms with van der Waals surface area (Å²) in [5.74, 6) is 1.55. The maximum atomic E-state index is 5.80. The standard InChI is InChI=1S/C13H24N4O/c1-4-7-17-13(15-9-16-17)12(14-3)10-6-8-18-11(10)5-2/h9-12,14H,4-8H2,1-3H3. The van der Waals surface area contributed by atoms with E-state index in [4.69, 9.17) is 4.74 Å². The van der Waals surface area contributed by atoms with Gasteiger partial charge < -0.3 is 10.1 Å². The number of hydrogen-bond donors (Lipinski definition) is 1. The lowest BCUT2D eigenvalue weighted by molar-refractivity contribution is 0.0767. The number of aryl methyl sites for hydroxylation is 1. The minimum absolute atomic E-state index is 0.242. The molecule has 3 unspecified atom stereocenters. The molecule has 0 amide bonds. The van der Waals surface area contributed by atoms with Crippen molar-refractivity contribution >= 4 is 0 Å². The van der Waals surface area contributed by atoms with E-state index in [1.807, 2.05) is 11.7 Å². The monoisotopic (exact) mass is 252 g/mol. The maximum Gasteiger partial charge on any atom is 0.144 e. The van der Waals surface area contributed by atoms with E-state index >= 15 is 0 Å². The molecule has 18 heavy (non-hydrogen) atoms. The largest absolute Gasteiger partial charge is 0.378 e. The van der Waals surface area contributed by atoms with Crippen LogP contribution < -0.4 is 5.32 Å².